The second-order valence-electron chi connectivity index (χ2n) is 7.28. The average molecular weight is 308 g/mol. The number of alkyl halides is 3. The van der Waals surface area contributed by atoms with Crippen LogP contribution in [0.25, 0.3) is 0 Å². The van der Waals surface area contributed by atoms with Gasteiger partial charge in [0.1, 0.15) is 5.60 Å². The van der Waals surface area contributed by atoms with Crippen LogP contribution in [0.2, 0.25) is 0 Å². The molecule has 2 aliphatic carbocycles. The highest BCUT2D eigenvalue weighted by Crippen LogP contribution is 2.51. The van der Waals surface area contributed by atoms with Crippen molar-refractivity contribution in [3.05, 3.63) is 0 Å². The van der Waals surface area contributed by atoms with Crippen molar-refractivity contribution in [1.29, 1.82) is 0 Å². The van der Waals surface area contributed by atoms with Gasteiger partial charge in [-0.05, 0) is 64.2 Å². The molecule has 21 heavy (non-hydrogen) atoms. The van der Waals surface area contributed by atoms with Gasteiger partial charge in [-0.25, -0.2) is 4.79 Å². The molecule has 3 nitrogen and oxygen atoms in total. The third-order valence-corrected chi connectivity index (χ3v) is 4.39. The van der Waals surface area contributed by atoms with Gasteiger partial charge >= 0.3 is 12.3 Å². The molecule has 2 bridgehead atoms. The Morgan fingerprint density at radius 2 is 1.86 bits per heavy atom. The fourth-order valence-corrected chi connectivity index (χ4v) is 3.58. The van der Waals surface area contributed by atoms with Gasteiger partial charge in [-0.15, -0.1) is 0 Å². The molecule has 2 saturated carbocycles. The standard InChI is InChI=1S/C15H23F3O3/c1-14(2,3)21-13(19)20-12(15(16,17)18)8-11-7-9-4-5-10(11)6-9/h9-12H,4-8H2,1-3H3. The minimum absolute atomic E-state index is 0.0119. The van der Waals surface area contributed by atoms with Crippen molar-refractivity contribution in [3.63, 3.8) is 0 Å². The molecule has 6 heteroatoms. The maximum atomic E-state index is 13.1. The van der Waals surface area contributed by atoms with Crippen LogP contribution in [-0.4, -0.2) is 24.0 Å². The van der Waals surface area contributed by atoms with Gasteiger partial charge in [-0.1, -0.05) is 6.42 Å². The van der Waals surface area contributed by atoms with Crippen LogP contribution in [0, 0.1) is 17.8 Å². The van der Waals surface area contributed by atoms with Gasteiger partial charge in [0.05, 0.1) is 0 Å². The molecule has 0 spiro atoms. The molecule has 2 aliphatic rings. The lowest BCUT2D eigenvalue weighted by Gasteiger charge is -2.28. The van der Waals surface area contributed by atoms with Crippen molar-refractivity contribution < 1.29 is 27.4 Å². The van der Waals surface area contributed by atoms with Crippen LogP contribution in [-0.2, 0) is 9.47 Å². The van der Waals surface area contributed by atoms with Crippen molar-refractivity contribution in [2.24, 2.45) is 17.8 Å². The summed E-state index contributed by atoms with van der Waals surface area (Å²) in [5.41, 5.74) is -0.861. The molecule has 0 amide bonds. The lowest BCUT2D eigenvalue weighted by molar-refractivity contribution is -0.217. The van der Waals surface area contributed by atoms with Gasteiger partial charge in [0.2, 0.25) is 6.10 Å². The summed E-state index contributed by atoms with van der Waals surface area (Å²) < 4.78 is 48.6. The molecule has 0 N–H and O–H groups in total. The van der Waals surface area contributed by atoms with Gasteiger partial charge in [0.25, 0.3) is 0 Å². The molecule has 0 aromatic heterocycles. The average Bonchev–Trinajstić information content (AvgIpc) is 2.85. The van der Waals surface area contributed by atoms with E-state index in [-0.39, 0.29) is 12.3 Å². The summed E-state index contributed by atoms with van der Waals surface area (Å²) in [4.78, 5) is 11.5. The minimum Gasteiger partial charge on any atom is -0.429 e. The quantitative estimate of drug-likeness (QED) is 0.709. The van der Waals surface area contributed by atoms with Crippen molar-refractivity contribution in [3.8, 4) is 0 Å². The van der Waals surface area contributed by atoms with E-state index in [2.05, 4.69) is 4.74 Å². The number of halogens is 3. The maximum absolute atomic E-state index is 13.1. The molecule has 0 aliphatic heterocycles. The van der Waals surface area contributed by atoms with Crippen LogP contribution >= 0.6 is 0 Å². The molecule has 0 aromatic carbocycles. The number of ether oxygens (including phenoxy) is 2. The smallest absolute Gasteiger partial charge is 0.429 e. The largest absolute Gasteiger partial charge is 0.509 e. The van der Waals surface area contributed by atoms with Crippen molar-refractivity contribution in [2.75, 3.05) is 0 Å². The van der Waals surface area contributed by atoms with E-state index < -0.39 is 24.0 Å². The summed E-state index contributed by atoms with van der Waals surface area (Å²) in [5.74, 6) is 0.940. The molecule has 0 aromatic rings. The summed E-state index contributed by atoms with van der Waals surface area (Å²) in [6.45, 7) is 4.77. The summed E-state index contributed by atoms with van der Waals surface area (Å²) in [5, 5.41) is 0. The fourth-order valence-electron chi connectivity index (χ4n) is 3.58. The number of carbonyl (C=O) groups excluding carboxylic acids is 1. The lowest BCUT2D eigenvalue weighted by Crippen LogP contribution is -2.38. The molecule has 0 saturated heterocycles. The topological polar surface area (TPSA) is 35.5 Å². The van der Waals surface area contributed by atoms with Gasteiger partial charge < -0.3 is 9.47 Å². The Bertz CT molecular complexity index is 387. The normalized spacial score (nSPS) is 30.3. The monoisotopic (exact) mass is 308 g/mol. The Morgan fingerprint density at radius 1 is 1.19 bits per heavy atom. The van der Waals surface area contributed by atoms with Crippen LogP contribution in [0.3, 0.4) is 0 Å². The van der Waals surface area contributed by atoms with Gasteiger partial charge in [-0.2, -0.15) is 13.2 Å². The number of carbonyl (C=O) groups is 1. The third kappa shape index (κ3) is 4.51. The van der Waals surface area contributed by atoms with Crippen LogP contribution < -0.4 is 0 Å². The Balaban J connectivity index is 1.94. The Hall–Kier alpha value is -0.940. The molecule has 2 rings (SSSR count). The number of fused-ring (bicyclic) bond motifs is 2. The Morgan fingerprint density at radius 3 is 2.29 bits per heavy atom. The molecule has 2 fully saturated rings. The molecule has 4 atom stereocenters. The van der Waals surface area contributed by atoms with Crippen LogP contribution in [0.5, 0.6) is 0 Å². The first kappa shape index (κ1) is 16.4. The van der Waals surface area contributed by atoms with E-state index in [0.717, 1.165) is 25.7 Å². The zero-order valence-electron chi connectivity index (χ0n) is 12.7. The van der Waals surface area contributed by atoms with E-state index in [9.17, 15) is 18.0 Å². The highest BCUT2D eigenvalue weighted by molar-refractivity contribution is 5.60. The predicted molar refractivity (Wildman–Crippen MR) is 70.7 cm³/mol. The second kappa shape index (κ2) is 5.69. The molecule has 122 valence electrons. The van der Waals surface area contributed by atoms with Crippen molar-refractivity contribution in [1.82, 2.24) is 0 Å². The van der Waals surface area contributed by atoms with Crippen LogP contribution in [0.1, 0.15) is 52.9 Å². The molecular formula is C15H23F3O3. The Labute approximate surface area is 123 Å². The van der Waals surface area contributed by atoms with E-state index in [1.54, 1.807) is 20.8 Å². The molecule has 0 heterocycles. The minimum atomic E-state index is -4.54. The third-order valence-electron chi connectivity index (χ3n) is 4.39. The summed E-state index contributed by atoms with van der Waals surface area (Å²) in [6, 6.07) is 0. The van der Waals surface area contributed by atoms with Crippen LogP contribution in [0.15, 0.2) is 0 Å². The molecule has 4 unspecified atom stereocenters. The maximum Gasteiger partial charge on any atom is 0.509 e. The number of rotatable bonds is 3. The van der Waals surface area contributed by atoms with E-state index in [4.69, 9.17) is 4.74 Å². The molecule has 0 radical (unpaired) electrons. The predicted octanol–water partition coefficient (Wildman–Crippen LogP) is 4.70. The van der Waals surface area contributed by atoms with Gasteiger partial charge in [-0.3, -0.25) is 0 Å². The summed E-state index contributed by atoms with van der Waals surface area (Å²) in [6.07, 6.45) is -3.99. The molecular weight excluding hydrogens is 285 g/mol. The summed E-state index contributed by atoms with van der Waals surface area (Å²) in [7, 11) is 0. The van der Waals surface area contributed by atoms with E-state index in [1.807, 2.05) is 0 Å². The van der Waals surface area contributed by atoms with E-state index in [1.165, 1.54) is 0 Å². The SMILES string of the molecule is CC(C)(C)OC(=O)OC(CC1CC2CCC1C2)C(F)(F)F. The first-order valence-corrected chi connectivity index (χ1v) is 7.51. The first-order chi connectivity index (χ1) is 9.54. The Kier molecular flexibility index (Phi) is 4.45. The zero-order valence-corrected chi connectivity index (χ0v) is 12.7. The highest BCUT2D eigenvalue weighted by atomic mass is 19.4. The van der Waals surface area contributed by atoms with E-state index >= 15 is 0 Å². The van der Waals surface area contributed by atoms with Gasteiger partial charge in [0.15, 0.2) is 0 Å². The zero-order chi connectivity index (χ0) is 15.8. The van der Waals surface area contributed by atoms with Gasteiger partial charge in [0, 0.05) is 0 Å². The number of hydrogen-bond acceptors (Lipinski definition) is 3. The highest BCUT2D eigenvalue weighted by Gasteiger charge is 2.48. The lowest BCUT2D eigenvalue weighted by atomic mass is 9.84. The number of hydrogen-bond donors (Lipinski definition) is 0. The van der Waals surface area contributed by atoms with Crippen molar-refractivity contribution >= 4 is 6.16 Å². The van der Waals surface area contributed by atoms with Crippen LogP contribution in [0.4, 0.5) is 18.0 Å². The first-order valence-electron chi connectivity index (χ1n) is 7.51. The fraction of sp³-hybridized carbons (Fsp3) is 0.933. The second-order valence-corrected chi connectivity index (χ2v) is 7.28. The van der Waals surface area contributed by atoms with E-state index in [0.29, 0.717) is 11.8 Å². The van der Waals surface area contributed by atoms with Crippen molar-refractivity contribution in [2.45, 2.75) is 70.8 Å². The summed E-state index contributed by atoms with van der Waals surface area (Å²) >= 11 is 0.